The van der Waals surface area contributed by atoms with Crippen molar-refractivity contribution in [2.75, 3.05) is 20.8 Å². The van der Waals surface area contributed by atoms with Crippen molar-refractivity contribution in [1.29, 1.82) is 0 Å². The van der Waals surface area contributed by atoms with Crippen LogP contribution in [-0.2, 0) is 6.54 Å². The summed E-state index contributed by atoms with van der Waals surface area (Å²) in [4.78, 5) is 0. The van der Waals surface area contributed by atoms with Crippen LogP contribution < -0.4 is 21.1 Å². The molecule has 5 nitrogen and oxygen atoms in total. The van der Waals surface area contributed by atoms with Crippen LogP contribution >= 0.6 is 0 Å². The highest BCUT2D eigenvalue weighted by atomic mass is 16.5. The molecule has 5 heteroatoms. The highest BCUT2D eigenvalue weighted by Gasteiger charge is 2.19. The van der Waals surface area contributed by atoms with E-state index < -0.39 is 0 Å². The molecule has 4 N–H and O–H groups in total. The molecule has 3 aromatic rings. The summed E-state index contributed by atoms with van der Waals surface area (Å²) in [5.41, 5.74) is 9.73. The van der Waals surface area contributed by atoms with Gasteiger partial charge in [0, 0.05) is 30.8 Å². The maximum Gasteiger partial charge on any atom is 0.127 e. The molecule has 3 rings (SSSR count). The number of hydrogen-bond donors (Lipinski definition) is 2. The average Bonchev–Trinajstić information content (AvgIpc) is 2.72. The SMILES string of the molecule is COc1cc(OC)c(C(N)CN(N)Cc2ccc3ccccc3c2)cc1C(C)C. The maximum absolute atomic E-state index is 6.53. The minimum Gasteiger partial charge on any atom is -0.496 e. The number of ether oxygens (including phenoxy) is 2. The van der Waals surface area contributed by atoms with Gasteiger partial charge in [-0.05, 0) is 39.9 Å². The van der Waals surface area contributed by atoms with E-state index in [-0.39, 0.29) is 6.04 Å². The number of rotatable bonds is 8. The molecule has 0 aliphatic rings. The molecule has 29 heavy (non-hydrogen) atoms. The Bertz CT molecular complexity index is 971. The first-order valence-electron chi connectivity index (χ1n) is 9.91. The molecular formula is C24H31N3O2. The van der Waals surface area contributed by atoms with E-state index in [4.69, 9.17) is 21.1 Å². The second-order valence-electron chi connectivity index (χ2n) is 7.71. The lowest BCUT2D eigenvalue weighted by molar-refractivity contribution is 0.255. The van der Waals surface area contributed by atoms with Crippen molar-refractivity contribution < 1.29 is 9.47 Å². The zero-order valence-corrected chi connectivity index (χ0v) is 17.7. The first kappa shape index (κ1) is 21.1. The Kier molecular flexibility index (Phi) is 6.75. The molecular weight excluding hydrogens is 362 g/mol. The van der Waals surface area contributed by atoms with Crippen LogP contribution in [0.2, 0.25) is 0 Å². The molecule has 1 atom stereocenters. The van der Waals surface area contributed by atoms with Gasteiger partial charge in [-0.2, -0.15) is 0 Å². The van der Waals surface area contributed by atoms with Crippen LogP contribution in [0.1, 0.15) is 42.5 Å². The Labute approximate surface area is 173 Å². The van der Waals surface area contributed by atoms with Gasteiger partial charge in [-0.1, -0.05) is 50.2 Å². The van der Waals surface area contributed by atoms with E-state index in [0.717, 1.165) is 28.2 Å². The molecule has 0 radical (unpaired) electrons. The van der Waals surface area contributed by atoms with Crippen molar-refractivity contribution in [2.45, 2.75) is 32.4 Å². The van der Waals surface area contributed by atoms with Crippen molar-refractivity contribution in [3.8, 4) is 11.5 Å². The summed E-state index contributed by atoms with van der Waals surface area (Å²) >= 11 is 0. The van der Waals surface area contributed by atoms with Crippen LogP contribution in [0.15, 0.2) is 54.6 Å². The van der Waals surface area contributed by atoms with Crippen LogP contribution in [-0.4, -0.2) is 25.8 Å². The summed E-state index contributed by atoms with van der Waals surface area (Å²) < 4.78 is 11.1. The Morgan fingerprint density at radius 2 is 1.52 bits per heavy atom. The van der Waals surface area contributed by atoms with Gasteiger partial charge >= 0.3 is 0 Å². The molecule has 0 aliphatic carbocycles. The molecule has 0 spiro atoms. The maximum atomic E-state index is 6.53. The second-order valence-corrected chi connectivity index (χ2v) is 7.71. The van der Waals surface area contributed by atoms with Gasteiger partial charge in [-0.15, -0.1) is 0 Å². The van der Waals surface area contributed by atoms with Crippen LogP contribution in [0.4, 0.5) is 0 Å². The minimum atomic E-state index is -0.279. The fraction of sp³-hybridized carbons (Fsp3) is 0.333. The quantitative estimate of drug-likeness (QED) is 0.439. The Balaban J connectivity index is 1.77. The van der Waals surface area contributed by atoms with Crippen molar-refractivity contribution in [1.82, 2.24) is 5.01 Å². The number of fused-ring (bicyclic) bond motifs is 1. The standard InChI is InChI=1S/C24H31N3O2/c1-16(2)20-12-21(24(29-4)13-23(20)28-3)22(25)15-27(26)14-17-9-10-18-7-5-6-8-19(18)11-17/h5-13,16,22H,14-15,25-26H2,1-4H3. The fourth-order valence-electron chi connectivity index (χ4n) is 3.68. The largest absolute Gasteiger partial charge is 0.496 e. The Hall–Kier alpha value is -2.60. The highest BCUT2D eigenvalue weighted by Crippen LogP contribution is 2.36. The Morgan fingerprint density at radius 1 is 0.862 bits per heavy atom. The van der Waals surface area contributed by atoms with Gasteiger partial charge in [0.05, 0.1) is 14.2 Å². The molecule has 0 fully saturated rings. The summed E-state index contributed by atoms with van der Waals surface area (Å²) in [5.74, 6) is 8.17. The van der Waals surface area contributed by atoms with Gasteiger partial charge in [-0.3, -0.25) is 5.84 Å². The Morgan fingerprint density at radius 3 is 2.17 bits per heavy atom. The number of benzene rings is 3. The number of hydrogen-bond acceptors (Lipinski definition) is 5. The van der Waals surface area contributed by atoms with E-state index >= 15 is 0 Å². The predicted octanol–water partition coefficient (Wildman–Crippen LogP) is 4.36. The van der Waals surface area contributed by atoms with E-state index in [9.17, 15) is 0 Å². The lowest BCUT2D eigenvalue weighted by Gasteiger charge is -2.24. The van der Waals surface area contributed by atoms with Gasteiger partial charge in [0.2, 0.25) is 0 Å². The second kappa shape index (κ2) is 9.27. The number of nitrogens with two attached hydrogens (primary N) is 2. The first-order valence-corrected chi connectivity index (χ1v) is 9.91. The van der Waals surface area contributed by atoms with Crippen LogP contribution in [0.3, 0.4) is 0 Å². The fourth-order valence-corrected chi connectivity index (χ4v) is 3.68. The molecule has 0 aliphatic heterocycles. The zero-order chi connectivity index (χ0) is 21.0. The van der Waals surface area contributed by atoms with E-state index in [1.807, 2.05) is 18.2 Å². The van der Waals surface area contributed by atoms with Crippen molar-refractivity contribution >= 4 is 10.8 Å². The summed E-state index contributed by atoms with van der Waals surface area (Å²) in [7, 11) is 3.32. The van der Waals surface area contributed by atoms with E-state index in [0.29, 0.717) is 19.0 Å². The summed E-state index contributed by atoms with van der Waals surface area (Å²) in [6, 6.07) is 18.4. The third kappa shape index (κ3) is 4.88. The van der Waals surface area contributed by atoms with Crippen LogP contribution in [0.25, 0.3) is 10.8 Å². The summed E-state index contributed by atoms with van der Waals surface area (Å²) in [6.07, 6.45) is 0. The van der Waals surface area contributed by atoms with Gasteiger partial charge in [-0.25, -0.2) is 5.01 Å². The van der Waals surface area contributed by atoms with Gasteiger partial charge in [0.15, 0.2) is 0 Å². The summed E-state index contributed by atoms with van der Waals surface area (Å²) in [6.45, 7) is 5.39. The normalized spacial score (nSPS) is 12.6. The molecule has 0 heterocycles. The van der Waals surface area contributed by atoms with E-state index in [1.165, 1.54) is 10.8 Å². The first-order chi connectivity index (χ1) is 13.9. The topological polar surface area (TPSA) is 73.7 Å². The van der Waals surface area contributed by atoms with Crippen LogP contribution in [0, 0.1) is 0 Å². The van der Waals surface area contributed by atoms with Gasteiger partial charge < -0.3 is 15.2 Å². The summed E-state index contributed by atoms with van der Waals surface area (Å²) in [5, 5.41) is 4.19. The number of hydrazine groups is 1. The molecule has 0 bridgehead atoms. The number of nitrogens with zero attached hydrogens (tertiary/aromatic N) is 1. The van der Waals surface area contributed by atoms with Gasteiger partial charge in [0.1, 0.15) is 11.5 Å². The lowest BCUT2D eigenvalue weighted by Crippen LogP contribution is -2.37. The van der Waals surface area contributed by atoms with Crippen LogP contribution in [0.5, 0.6) is 11.5 Å². The van der Waals surface area contributed by atoms with Gasteiger partial charge in [0.25, 0.3) is 0 Å². The molecule has 0 amide bonds. The third-order valence-electron chi connectivity index (χ3n) is 5.23. The monoisotopic (exact) mass is 393 g/mol. The molecule has 1 unspecified atom stereocenters. The zero-order valence-electron chi connectivity index (χ0n) is 17.7. The molecule has 154 valence electrons. The van der Waals surface area contributed by atoms with Crippen molar-refractivity contribution in [3.63, 3.8) is 0 Å². The third-order valence-corrected chi connectivity index (χ3v) is 5.23. The minimum absolute atomic E-state index is 0.279. The molecule has 3 aromatic carbocycles. The number of methoxy groups -OCH3 is 2. The average molecular weight is 394 g/mol. The lowest BCUT2D eigenvalue weighted by atomic mass is 9.95. The van der Waals surface area contributed by atoms with Crippen molar-refractivity contribution in [2.24, 2.45) is 11.6 Å². The van der Waals surface area contributed by atoms with Crippen molar-refractivity contribution in [3.05, 3.63) is 71.3 Å². The molecule has 0 saturated heterocycles. The predicted molar refractivity (Wildman–Crippen MR) is 119 cm³/mol. The van der Waals surface area contributed by atoms with E-state index in [1.54, 1.807) is 19.2 Å². The highest BCUT2D eigenvalue weighted by molar-refractivity contribution is 5.82. The molecule has 0 aromatic heterocycles. The smallest absolute Gasteiger partial charge is 0.127 e. The van der Waals surface area contributed by atoms with E-state index in [2.05, 4.69) is 50.2 Å². The molecule has 0 saturated carbocycles.